The summed E-state index contributed by atoms with van der Waals surface area (Å²) in [5.74, 6) is -0.165. The largest absolute Gasteiger partial charge is 0.366 e. The summed E-state index contributed by atoms with van der Waals surface area (Å²) in [6, 6.07) is 5.46. The molecule has 2 N–H and O–H groups in total. The zero-order valence-corrected chi connectivity index (χ0v) is 11.4. The number of benzene rings is 1. The van der Waals surface area contributed by atoms with Gasteiger partial charge in [0.2, 0.25) is 0 Å². The van der Waals surface area contributed by atoms with Gasteiger partial charge in [0.25, 0.3) is 0 Å². The molecule has 0 aliphatic carbocycles. The van der Waals surface area contributed by atoms with Crippen molar-refractivity contribution in [3.63, 3.8) is 0 Å². The van der Waals surface area contributed by atoms with E-state index in [2.05, 4.69) is 23.8 Å². The highest BCUT2D eigenvalue weighted by Gasteiger charge is 2.25. The highest BCUT2D eigenvalue weighted by Crippen LogP contribution is 2.29. The predicted molar refractivity (Wildman–Crippen MR) is 73.3 cm³/mol. The summed E-state index contributed by atoms with van der Waals surface area (Å²) >= 11 is 0. The number of nitrogens with zero attached hydrogens (tertiary/aromatic N) is 2. The van der Waals surface area contributed by atoms with Crippen molar-refractivity contribution in [2.75, 3.05) is 31.6 Å². The van der Waals surface area contributed by atoms with Crippen LogP contribution in [0.4, 0.5) is 10.1 Å². The molecule has 100 valence electrons. The van der Waals surface area contributed by atoms with Gasteiger partial charge >= 0.3 is 0 Å². The summed E-state index contributed by atoms with van der Waals surface area (Å²) in [7, 11) is 2.11. The molecular weight excluding hydrogens is 229 g/mol. The second-order valence-electron chi connectivity index (χ2n) is 5.24. The number of nitrogens with two attached hydrogens (primary N) is 1. The topological polar surface area (TPSA) is 32.5 Å². The number of hydrogen-bond acceptors (Lipinski definition) is 3. The van der Waals surface area contributed by atoms with Gasteiger partial charge in [0.1, 0.15) is 5.82 Å². The summed E-state index contributed by atoms with van der Waals surface area (Å²) in [6.07, 6.45) is 0. The Balaban J connectivity index is 2.33. The molecule has 0 radical (unpaired) electrons. The summed E-state index contributed by atoms with van der Waals surface area (Å²) in [5.41, 5.74) is 7.53. The lowest BCUT2D eigenvalue weighted by Crippen LogP contribution is -2.50. The van der Waals surface area contributed by atoms with E-state index >= 15 is 0 Å². The Hall–Kier alpha value is -1.13. The molecule has 0 bridgehead atoms. The van der Waals surface area contributed by atoms with Crippen LogP contribution >= 0.6 is 0 Å². The van der Waals surface area contributed by atoms with E-state index in [1.807, 2.05) is 13.0 Å². The monoisotopic (exact) mass is 251 g/mol. The van der Waals surface area contributed by atoms with E-state index in [0.29, 0.717) is 11.7 Å². The molecule has 2 atom stereocenters. The van der Waals surface area contributed by atoms with Gasteiger partial charge in [-0.25, -0.2) is 4.39 Å². The van der Waals surface area contributed by atoms with Gasteiger partial charge in [0, 0.05) is 31.7 Å². The van der Waals surface area contributed by atoms with Crippen molar-refractivity contribution >= 4 is 5.69 Å². The van der Waals surface area contributed by atoms with Gasteiger partial charge in [-0.1, -0.05) is 12.1 Å². The van der Waals surface area contributed by atoms with Crippen LogP contribution in [0, 0.1) is 5.82 Å². The maximum atomic E-state index is 14.1. The number of anilines is 1. The Morgan fingerprint density at radius 3 is 2.72 bits per heavy atom. The van der Waals surface area contributed by atoms with Crippen molar-refractivity contribution in [3.05, 3.63) is 29.6 Å². The van der Waals surface area contributed by atoms with Crippen LogP contribution in [0.15, 0.2) is 18.2 Å². The number of rotatable bonds is 2. The molecule has 1 unspecified atom stereocenters. The Bertz CT molecular complexity index is 420. The molecule has 1 fully saturated rings. The number of piperazine rings is 1. The van der Waals surface area contributed by atoms with Gasteiger partial charge < -0.3 is 15.5 Å². The number of halogens is 1. The fourth-order valence-corrected chi connectivity index (χ4v) is 2.48. The first kappa shape index (κ1) is 13.3. The Morgan fingerprint density at radius 1 is 1.39 bits per heavy atom. The van der Waals surface area contributed by atoms with Gasteiger partial charge in [-0.15, -0.1) is 0 Å². The average molecular weight is 251 g/mol. The lowest BCUT2D eigenvalue weighted by Gasteiger charge is -2.40. The van der Waals surface area contributed by atoms with Gasteiger partial charge in [-0.3, -0.25) is 0 Å². The SMILES string of the molecule is CC1CN(c2c(F)cccc2[C@H](C)N)CCN1C. The number of hydrogen-bond donors (Lipinski definition) is 1. The minimum atomic E-state index is -0.165. The van der Waals surface area contributed by atoms with Crippen LogP contribution in [-0.4, -0.2) is 37.6 Å². The van der Waals surface area contributed by atoms with E-state index in [0.717, 1.165) is 25.2 Å². The summed E-state index contributed by atoms with van der Waals surface area (Å²) in [5, 5.41) is 0. The molecular formula is C14H22FN3. The second kappa shape index (κ2) is 5.24. The van der Waals surface area contributed by atoms with Gasteiger partial charge in [-0.05, 0) is 32.5 Å². The van der Waals surface area contributed by atoms with Crippen LogP contribution in [0.5, 0.6) is 0 Å². The molecule has 0 amide bonds. The smallest absolute Gasteiger partial charge is 0.146 e. The molecule has 1 aromatic rings. The number of para-hydroxylation sites is 1. The fraction of sp³-hybridized carbons (Fsp3) is 0.571. The molecule has 0 spiro atoms. The minimum Gasteiger partial charge on any atom is -0.366 e. The molecule has 1 aromatic carbocycles. The van der Waals surface area contributed by atoms with Crippen LogP contribution in [0.1, 0.15) is 25.5 Å². The molecule has 0 aromatic heterocycles. The van der Waals surface area contributed by atoms with Gasteiger partial charge in [0.05, 0.1) is 5.69 Å². The van der Waals surface area contributed by atoms with Crippen molar-refractivity contribution in [3.8, 4) is 0 Å². The van der Waals surface area contributed by atoms with Gasteiger partial charge in [-0.2, -0.15) is 0 Å². The van der Waals surface area contributed by atoms with Crippen LogP contribution in [0.3, 0.4) is 0 Å². The average Bonchev–Trinajstić information content (AvgIpc) is 2.32. The first-order valence-corrected chi connectivity index (χ1v) is 6.50. The van der Waals surface area contributed by atoms with E-state index < -0.39 is 0 Å². The van der Waals surface area contributed by atoms with E-state index in [-0.39, 0.29) is 11.9 Å². The normalized spacial score (nSPS) is 23.2. The number of likely N-dealkylation sites (N-methyl/N-ethyl adjacent to an activating group) is 1. The van der Waals surface area contributed by atoms with E-state index in [9.17, 15) is 4.39 Å². The maximum Gasteiger partial charge on any atom is 0.146 e. The maximum absolute atomic E-state index is 14.1. The van der Waals surface area contributed by atoms with Crippen LogP contribution < -0.4 is 10.6 Å². The second-order valence-corrected chi connectivity index (χ2v) is 5.24. The third-order valence-electron chi connectivity index (χ3n) is 3.78. The Kier molecular flexibility index (Phi) is 3.88. The molecule has 4 heteroatoms. The quantitative estimate of drug-likeness (QED) is 0.872. The molecule has 2 rings (SSSR count). The fourth-order valence-electron chi connectivity index (χ4n) is 2.48. The van der Waals surface area contributed by atoms with Crippen LogP contribution in [0.2, 0.25) is 0 Å². The zero-order valence-electron chi connectivity index (χ0n) is 11.4. The van der Waals surface area contributed by atoms with Gasteiger partial charge in [0.15, 0.2) is 0 Å². The summed E-state index contributed by atoms with van der Waals surface area (Å²) in [4.78, 5) is 4.42. The van der Waals surface area contributed by atoms with Crippen molar-refractivity contribution < 1.29 is 4.39 Å². The lowest BCUT2D eigenvalue weighted by atomic mass is 10.0. The highest BCUT2D eigenvalue weighted by molar-refractivity contribution is 5.56. The molecule has 3 nitrogen and oxygen atoms in total. The Morgan fingerprint density at radius 2 is 2.11 bits per heavy atom. The molecule has 1 heterocycles. The molecule has 1 saturated heterocycles. The minimum absolute atomic E-state index is 0.148. The molecule has 18 heavy (non-hydrogen) atoms. The highest BCUT2D eigenvalue weighted by atomic mass is 19.1. The summed E-state index contributed by atoms with van der Waals surface area (Å²) in [6.45, 7) is 6.71. The first-order valence-electron chi connectivity index (χ1n) is 6.50. The van der Waals surface area contributed by atoms with Crippen molar-refractivity contribution in [1.29, 1.82) is 0 Å². The first-order chi connectivity index (χ1) is 8.50. The molecule has 1 aliphatic heterocycles. The lowest BCUT2D eigenvalue weighted by molar-refractivity contribution is 0.233. The zero-order chi connectivity index (χ0) is 13.3. The van der Waals surface area contributed by atoms with Crippen molar-refractivity contribution in [2.45, 2.75) is 25.9 Å². The van der Waals surface area contributed by atoms with E-state index in [4.69, 9.17) is 5.73 Å². The van der Waals surface area contributed by atoms with Crippen LogP contribution in [-0.2, 0) is 0 Å². The van der Waals surface area contributed by atoms with E-state index in [1.165, 1.54) is 6.07 Å². The van der Waals surface area contributed by atoms with Crippen molar-refractivity contribution in [1.82, 2.24) is 4.90 Å². The predicted octanol–water partition coefficient (Wildman–Crippen LogP) is 1.99. The third kappa shape index (κ3) is 2.49. The molecule has 1 aliphatic rings. The standard InChI is InChI=1S/C14H22FN3/c1-10-9-18(8-7-17(10)3)14-12(11(2)16)5-4-6-13(14)15/h4-6,10-11H,7-9,16H2,1-3H3/t10?,11-/m0/s1. The molecule has 0 saturated carbocycles. The van der Waals surface area contributed by atoms with Crippen molar-refractivity contribution in [2.24, 2.45) is 5.73 Å². The van der Waals surface area contributed by atoms with Crippen LogP contribution in [0.25, 0.3) is 0 Å². The van der Waals surface area contributed by atoms with E-state index in [1.54, 1.807) is 6.07 Å². The Labute approximate surface area is 108 Å². The third-order valence-corrected chi connectivity index (χ3v) is 3.78. The summed E-state index contributed by atoms with van der Waals surface area (Å²) < 4.78 is 14.1.